The molecule has 23 heavy (non-hydrogen) atoms. The highest BCUT2D eigenvalue weighted by Crippen LogP contribution is 2.22. The Morgan fingerprint density at radius 2 is 2.04 bits per heavy atom. The summed E-state index contributed by atoms with van der Waals surface area (Å²) < 4.78 is 27.1. The number of carbonyl (C=O) groups is 1. The summed E-state index contributed by atoms with van der Waals surface area (Å²) >= 11 is 6.01. The Morgan fingerprint density at radius 3 is 2.78 bits per heavy atom. The number of sulfonamides is 1. The number of amides is 1. The summed E-state index contributed by atoms with van der Waals surface area (Å²) in [4.78, 5) is 13.8. The lowest BCUT2D eigenvalue weighted by atomic mass is 10.2. The lowest BCUT2D eigenvalue weighted by Crippen LogP contribution is -2.34. The van der Waals surface area contributed by atoms with Gasteiger partial charge in [0.25, 0.3) is 0 Å². The van der Waals surface area contributed by atoms with Gasteiger partial charge >= 0.3 is 0 Å². The zero-order chi connectivity index (χ0) is 16.9. The van der Waals surface area contributed by atoms with Gasteiger partial charge in [-0.05, 0) is 43.9 Å². The van der Waals surface area contributed by atoms with E-state index < -0.39 is 10.0 Å². The molecule has 1 aromatic rings. The van der Waals surface area contributed by atoms with Gasteiger partial charge in [0.05, 0.1) is 5.02 Å². The Morgan fingerprint density at radius 1 is 1.26 bits per heavy atom. The number of hydrogen-bond acceptors (Lipinski definition) is 3. The molecular weight excluding hydrogens is 336 g/mol. The number of rotatable bonds is 6. The van der Waals surface area contributed by atoms with Crippen LogP contribution in [-0.4, -0.2) is 38.9 Å². The summed E-state index contributed by atoms with van der Waals surface area (Å²) in [5, 5.41) is 0.222. The Hall–Kier alpha value is -1.11. The average Bonchev–Trinajstić information content (AvgIpc) is 2.68. The molecule has 128 valence electrons. The standard InChI is InChI=1S/C16H23ClN2O3S/c1-13-7-8-15(14(17)12-13)23(21,22)18-9-5-11-19-10-4-2-3-6-16(19)20/h7-8,12,18H,2-6,9-11H2,1H3. The molecule has 0 radical (unpaired) electrons. The second-order valence-corrected chi connectivity index (χ2v) is 8.02. The van der Waals surface area contributed by atoms with Crippen LogP contribution in [0.5, 0.6) is 0 Å². The quantitative estimate of drug-likeness (QED) is 0.795. The molecule has 1 heterocycles. The van der Waals surface area contributed by atoms with Gasteiger partial charge in [-0.25, -0.2) is 13.1 Å². The molecule has 1 aliphatic heterocycles. The van der Waals surface area contributed by atoms with Gasteiger partial charge < -0.3 is 4.90 Å². The molecule has 2 rings (SSSR count). The summed E-state index contributed by atoms with van der Waals surface area (Å²) in [5.74, 6) is 0.173. The Kier molecular flexibility index (Phi) is 6.44. The molecule has 0 spiro atoms. The molecule has 1 fully saturated rings. The van der Waals surface area contributed by atoms with Gasteiger partial charge in [-0.2, -0.15) is 0 Å². The fraction of sp³-hybridized carbons (Fsp3) is 0.562. The normalized spacial score (nSPS) is 16.4. The van der Waals surface area contributed by atoms with Crippen molar-refractivity contribution in [3.05, 3.63) is 28.8 Å². The van der Waals surface area contributed by atoms with Crippen molar-refractivity contribution in [3.63, 3.8) is 0 Å². The van der Waals surface area contributed by atoms with E-state index in [1.807, 2.05) is 11.8 Å². The first-order valence-electron chi connectivity index (χ1n) is 7.94. The van der Waals surface area contributed by atoms with Gasteiger partial charge in [0.1, 0.15) is 4.90 Å². The van der Waals surface area contributed by atoms with E-state index >= 15 is 0 Å². The maximum Gasteiger partial charge on any atom is 0.242 e. The first-order valence-corrected chi connectivity index (χ1v) is 9.80. The molecule has 0 unspecified atom stereocenters. The highest BCUT2D eigenvalue weighted by atomic mass is 35.5. The fourth-order valence-electron chi connectivity index (χ4n) is 2.65. The molecular formula is C16H23ClN2O3S. The summed E-state index contributed by atoms with van der Waals surface area (Å²) in [5.41, 5.74) is 0.911. The van der Waals surface area contributed by atoms with Crippen molar-refractivity contribution >= 4 is 27.5 Å². The molecule has 7 heteroatoms. The number of carbonyl (C=O) groups excluding carboxylic acids is 1. The second kappa shape index (κ2) is 8.13. The second-order valence-electron chi connectivity index (χ2n) is 5.88. The third-order valence-electron chi connectivity index (χ3n) is 3.95. The zero-order valence-corrected chi connectivity index (χ0v) is 14.9. The van der Waals surface area contributed by atoms with E-state index in [4.69, 9.17) is 11.6 Å². The van der Waals surface area contributed by atoms with Gasteiger partial charge in [-0.15, -0.1) is 0 Å². The van der Waals surface area contributed by atoms with E-state index in [1.165, 1.54) is 6.07 Å². The number of nitrogens with one attached hydrogen (secondary N) is 1. The fourth-order valence-corrected chi connectivity index (χ4v) is 4.32. The molecule has 1 amide bonds. The molecule has 5 nitrogen and oxygen atoms in total. The maximum absolute atomic E-state index is 12.3. The predicted octanol–water partition coefficient (Wildman–Crippen LogP) is 2.72. The largest absolute Gasteiger partial charge is 0.343 e. The Bertz CT molecular complexity index is 661. The third kappa shape index (κ3) is 5.19. The summed E-state index contributed by atoms with van der Waals surface area (Å²) in [7, 11) is -3.62. The number of hydrogen-bond donors (Lipinski definition) is 1. The molecule has 1 saturated heterocycles. The maximum atomic E-state index is 12.3. The van der Waals surface area contributed by atoms with Crippen LogP contribution in [0.4, 0.5) is 0 Å². The van der Waals surface area contributed by atoms with E-state index in [0.29, 0.717) is 19.4 Å². The summed E-state index contributed by atoms with van der Waals surface area (Å²) in [6, 6.07) is 4.86. The van der Waals surface area contributed by atoms with Crippen molar-refractivity contribution in [1.82, 2.24) is 9.62 Å². The molecule has 1 aromatic carbocycles. The minimum absolute atomic E-state index is 0.0932. The van der Waals surface area contributed by atoms with Crippen LogP contribution < -0.4 is 4.72 Å². The molecule has 1 N–H and O–H groups in total. The molecule has 0 aliphatic carbocycles. The van der Waals surface area contributed by atoms with E-state index in [-0.39, 0.29) is 22.4 Å². The molecule has 1 aliphatic rings. The number of halogens is 1. The van der Waals surface area contributed by atoms with Crippen LogP contribution in [0.3, 0.4) is 0 Å². The van der Waals surface area contributed by atoms with Crippen molar-refractivity contribution < 1.29 is 13.2 Å². The highest BCUT2D eigenvalue weighted by molar-refractivity contribution is 7.89. The monoisotopic (exact) mass is 358 g/mol. The van der Waals surface area contributed by atoms with Crippen molar-refractivity contribution in [2.45, 2.75) is 43.9 Å². The summed E-state index contributed by atoms with van der Waals surface area (Å²) in [6.45, 7) is 3.50. The molecule has 0 bridgehead atoms. The van der Waals surface area contributed by atoms with E-state index in [0.717, 1.165) is 31.4 Å². The van der Waals surface area contributed by atoms with Crippen LogP contribution >= 0.6 is 11.6 Å². The highest BCUT2D eigenvalue weighted by Gasteiger charge is 2.19. The van der Waals surface area contributed by atoms with Crippen LogP contribution in [0.1, 0.15) is 37.7 Å². The van der Waals surface area contributed by atoms with Gasteiger partial charge in [0, 0.05) is 26.1 Å². The average molecular weight is 359 g/mol. The van der Waals surface area contributed by atoms with Crippen molar-refractivity contribution in [2.75, 3.05) is 19.6 Å². The third-order valence-corrected chi connectivity index (χ3v) is 5.89. The van der Waals surface area contributed by atoms with E-state index in [9.17, 15) is 13.2 Å². The van der Waals surface area contributed by atoms with Crippen LogP contribution in [0.25, 0.3) is 0 Å². The van der Waals surface area contributed by atoms with Crippen molar-refractivity contribution in [3.8, 4) is 0 Å². The minimum atomic E-state index is -3.62. The van der Waals surface area contributed by atoms with Crippen molar-refractivity contribution in [1.29, 1.82) is 0 Å². The van der Waals surface area contributed by atoms with Crippen LogP contribution in [0.15, 0.2) is 23.1 Å². The van der Waals surface area contributed by atoms with Crippen LogP contribution in [0, 0.1) is 6.92 Å². The number of benzene rings is 1. The lowest BCUT2D eigenvalue weighted by Gasteiger charge is -2.20. The van der Waals surface area contributed by atoms with Gasteiger partial charge in [-0.1, -0.05) is 24.1 Å². The number of likely N-dealkylation sites (tertiary alicyclic amines) is 1. The predicted molar refractivity (Wildman–Crippen MR) is 91.0 cm³/mol. The first-order chi connectivity index (χ1) is 10.9. The summed E-state index contributed by atoms with van der Waals surface area (Å²) in [6.07, 6.45) is 4.25. The van der Waals surface area contributed by atoms with Gasteiger partial charge in [0.2, 0.25) is 15.9 Å². The zero-order valence-electron chi connectivity index (χ0n) is 13.3. The number of nitrogens with zero attached hydrogens (tertiary/aromatic N) is 1. The SMILES string of the molecule is Cc1ccc(S(=O)(=O)NCCCN2CCCCCC2=O)c(Cl)c1. The molecule has 0 saturated carbocycles. The molecule has 0 aromatic heterocycles. The Labute approximate surface area is 143 Å². The smallest absolute Gasteiger partial charge is 0.242 e. The van der Waals surface area contributed by atoms with Gasteiger partial charge in [0.15, 0.2) is 0 Å². The van der Waals surface area contributed by atoms with Gasteiger partial charge in [-0.3, -0.25) is 4.79 Å². The molecule has 0 atom stereocenters. The van der Waals surface area contributed by atoms with Crippen LogP contribution in [-0.2, 0) is 14.8 Å². The Balaban J connectivity index is 1.86. The topological polar surface area (TPSA) is 66.5 Å². The van der Waals surface area contributed by atoms with E-state index in [1.54, 1.807) is 12.1 Å². The van der Waals surface area contributed by atoms with Crippen molar-refractivity contribution in [2.24, 2.45) is 0 Å². The first kappa shape index (κ1) is 18.2. The minimum Gasteiger partial charge on any atom is -0.343 e. The van der Waals surface area contributed by atoms with E-state index in [2.05, 4.69) is 4.72 Å². The number of aryl methyl sites for hydroxylation is 1. The lowest BCUT2D eigenvalue weighted by molar-refractivity contribution is -0.130. The van der Waals surface area contributed by atoms with Crippen LogP contribution in [0.2, 0.25) is 5.02 Å².